The van der Waals surface area contributed by atoms with E-state index in [0.29, 0.717) is 5.02 Å². The number of nitrogens with zero attached hydrogens (tertiary/aromatic N) is 1. The third-order valence-electron chi connectivity index (χ3n) is 2.57. The van der Waals surface area contributed by atoms with Crippen LogP contribution >= 0.6 is 34.8 Å². The van der Waals surface area contributed by atoms with Crippen LogP contribution in [-0.4, -0.2) is 23.5 Å². The molecule has 2 rings (SSSR count). The molecule has 9 heteroatoms. The second kappa shape index (κ2) is 7.59. The third kappa shape index (κ3) is 4.54. The molecular weight excluding hydrogens is 370 g/mol. The Labute approximate surface area is 145 Å². The number of esters is 1. The van der Waals surface area contributed by atoms with Gasteiger partial charge >= 0.3 is 5.97 Å². The van der Waals surface area contributed by atoms with E-state index in [0.717, 1.165) is 6.07 Å². The first-order valence-corrected chi connectivity index (χ1v) is 7.24. The molecule has 0 aliphatic heterocycles. The van der Waals surface area contributed by atoms with Crippen molar-refractivity contribution in [1.29, 1.82) is 0 Å². The summed E-state index contributed by atoms with van der Waals surface area (Å²) in [4.78, 5) is 27.3. The number of hydrogen-bond donors (Lipinski definition) is 1. The van der Waals surface area contributed by atoms with Gasteiger partial charge in [0.15, 0.2) is 12.4 Å². The SMILES string of the molecule is O=C(COC(=O)c1c(F)cccc1Cl)Nc1ncc(Cl)cc1Cl. The number of ether oxygens (including phenoxy) is 1. The number of carbonyl (C=O) groups is 2. The fraction of sp³-hybridized carbons (Fsp3) is 0.0714. The molecule has 0 spiro atoms. The number of benzene rings is 1. The van der Waals surface area contributed by atoms with E-state index in [-0.39, 0.29) is 15.9 Å². The highest BCUT2D eigenvalue weighted by molar-refractivity contribution is 6.36. The molecule has 0 saturated carbocycles. The Morgan fingerprint density at radius 1 is 1.22 bits per heavy atom. The Hall–Kier alpha value is -1.89. The van der Waals surface area contributed by atoms with Crippen molar-refractivity contribution in [3.8, 4) is 0 Å². The molecule has 0 saturated heterocycles. The van der Waals surface area contributed by atoms with E-state index in [1.165, 1.54) is 24.4 Å². The van der Waals surface area contributed by atoms with Crippen LogP contribution in [0, 0.1) is 5.82 Å². The maximum absolute atomic E-state index is 13.5. The molecule has 5 nitrogen and oxygen atoms in total. The van der Waals surface area contributed by atoms with Crippen molar-refractivity contribution < 1.29 is 18.7 Å². The molecule has 0 unspecified atom stereocenters. The zero-order valence-electron chi connectivity index (χ0n) is 11.3. The highest BCUT2D eigenvalue weighted by Crippen LogP contribution is 2.22. The van der Waals surface area contributed by atoms with Gasteiger partial charge in [0.25, 0.3) is 5.91 Å². The first-order chi connectivity index (χ1) is 10.9. The van der Waals surface area contributed by atoms with Gasteiger partial charge in [-0.25, -0.2) is 14.2 Å². The number of aromatic nitrogens is 1. The van der Waals surface area contributed by atoms with Crippen molar-refractivity contribution in [3.63, 3.8) is 0 Å². The zero-order valence-corrected chi connectivity index (χ0v) is 13.5. The highest BCUT2D eigenvalue weighted by Gasteiger charge is 2.18. The summed E-state index contributed by atoms with van der Waals surface area (Å²) in [5.41, 5.74) is -0.440. The lowest BCUT2D eigenvalue weighted by atomic mass is 10.2. The maximum atomic E-state index is 13.5. The summed E-state index contributed by atoms with van der Waals surface area (Å²) in [5, 5.41) is 2.64. The van der Waals surface area contributed by atoms with Gasteiger partial charge in [-0.15, -0.1) is 0 Å². The minimum absolute atomic E-state index is 0.0565. The first kappa shape index (κ1) is 17.5. The summed E-state index contributed by atoms with van der Waals surface area (Å²) < 4.78 is 18.3. The van der Waals surface area contributed by atoms with E-state index in [1.54, 1.807) is 0 Å². The van der Waals surface area contributed by atoms with Gasteiger partial charge in [-0.3, -0.25) is 4.79 Å². The molecular formula is C14H8Cl3FN2O3. The van der Waals surface area contributed by atoms with Gasteiger partial charge in [0.05, 0.1) is 15.1 Å². The van der Waals surface area contributed by atoms with Gasteiger partial charge in [0.2, 0.25) is 0 Å². The van der Waals surface area contributed by atoms with Crippen LogP contribution in [0.3, 0.4) is 0 Å². The van der Waals surface area contributed by atoms with Crippen molar-refractivity contribution >= 4 is 52.5 Å². The van der Waals surface area contributed by atoms with Crippen molar-refractivity contribution in [2.75, 3.05) is 11.9 Å². The summed E-state index contributed by atoms with van der Waals surface area (Å²) in [6, 6.07) is 5.12. The lowest BCUT2D eigenvalue weighted by molar-refractivity contribution is -0.119. The van der Waals surface area contributed by atoms with E-state index in [2.05, 4.69) is 10.3 Å². The second-order valence-electron chi connectivity index (χ2n) is 4.20. The van der Waals surface area contributed by atoms with Gasteiger partial charge < -0.3 is 10.1 Å². The van der Waals surface area contributed by atoms with Crippen molar-refractivity contribution in [2.45, 2.75) is 0 Å². The van der Waals surface area contributed by atoms with Gasteiger partial charge in [-0.1, -0.05) is 40.9 Å². The number of rotatable bonds is 4. The maximum Gasteiger partial charge on any atom is 0.343 e. The van der Waals surface area contributed by atoms with Crippen molar-refractivity contribution in [1.82, 2.24) is 4.98 Å². The van der Waals surface area contributed by atoms with Gasteiger partial charge in [-0.05, 0) is 18.2 Å². The molecule has 1 N–H and O–H groups in total. The largest absolute Gasteiger partial charge is 0.452 e. The monoisotopic (exact) mass is 376 g/mol. The van der Waals surface area contributed by atoms with Crippen LogP contribution in [0.2, 0.25) is 15.1 Å². The van der Waals surface area contributed by atoms with E-state index in [1.807, 2.05) is 0 Å². The molecule has 1 aromatic carbocycles. The highest BCUT2D eigenvalue weighted by atomic mass is 35.5. The third-order valence-corrected chi connectivity index (χ3v) is 3.38. The predicted octanol–water partition coefficient (Wildman–Crippen LogP) is 3.98. The number of pyridine rings is 1. The van der Waals surface area contributed by atoms with Crippen LogP contribution in [0.25, 0.3) is 0 Å². The Balaban J connectivity index is 1.98. The number of anilines is 1. The second-order valence-corrected chi connectivity index (χ2v) is 5.46. The van der Waals surface area contributed by atoms with Crippen LogP contribution in [0.5, 0.6) is 0 Å². The number of hydrogen-bond acceptors (Lipinski definition) is 4. The fourth-order valence-corrected chi connectivity index (χ4v) is 2.24. The lowest BCUT2D eigenvalue weighted by Crippen LogP contribution is -2.22. The Kier molecular flexibility index (Phi) is 5.76. The van der Waals surface area contributed by atoms with E-state index in [9.17, 15) is 14.0 Å². The first-order valence-electron chi connectivity index (χ1n) is 6.10. The Morgan fingerprint density at radius 3 is 2.61 bits per heavy atom. The molecule has 120 valence electrons. The molecule has 23 heavy (non-hydrogen) atoms. The molecule has 1 amide bonds. The molecule has 1 heterocycles. The fourth-order valence-electron chi connectivity index (χ4n) is 1.57. The molecule has 0 fully saturated rings. The molecule has 0 aliphatic rings. The van der Waals surface area contributed by atoms with Crippen LogP contribution in [0.15, 0.2) is 30.5 Å². The quantitative estimate of drug-likeness (QED) is 0.819. The van der Waals surface area contributed by atoms with E-state index in [4.69, 9.17) is 39.5 Å². The topological polar surface area (TPSA) is 68.3 Å². The summed E-state index contributed by atoms with van der Waals surface area (Å²) in [6.45, 7) is -0.663. The van der Waals surface area contributed by atoms with Crippen LogP contribution < -0.4 is 5.32 Å². The van der Waals surface area contributed by atoms with Gasteiger partial charge in [0.1, 0.15) is 11.4 Å². The molecule has 0 atom stereocenters. The van der Waals surface area contributed by atoms with Gasteiger partial charge in [-0.2, -0.15) is 0 Å². The number of carbonyl (C=O) groups excluding carboxylic acids is 2. The van der Waals surface area contributed by atoms with Crippen molar-refractivity contribution in [3.05, 3.63) is 56.9 Å². The average Bonchev–Trinajstić information content (AvgIpc) is 2.48. The molecule has 0 bridgehead atoms. The minimum atomic E-state index is -1.06. The van der Waals surface area contributed by atoms with Crippen LogP contribution in [0.1, 0.15) is 10.4 Å². The number of halogens is 4. The predicted molar refractivity (Wildman–Crippen MR) is 84.6 cm³/mol. The minimum Gasteiger partial charge on any atom is -0.452 e. The number of nitrogens with one attached hydrogen (secondary N) is 1. The molecule has 0 aliphatic carbocycles. The van der Waals surface area contributed by atoms with Crippen molar-refractivity contribution in [2.24, 2.45) is 0 Å². The van der Waals surface area contributed by atoms with E-state index < -0.39 is 29.9 Å². The summed E-state index contributed by atoms with van der Waals surface area (Å²) in [6.07, 6.45) is 1.29. The Morgan fingerprint density at radius 2 is 1.96 bits per heavy atom. The molecule has 0 radical (unpaired) electrons. The normalized spacial score (nSPS) is 10.3. The standard InChI is InChI=1S/C14H8Cl3FN2O3/c15-7-4-9(17)13(19-5-7)20-11(21)6-23-14(22)12-8(16)2-1-3-10(12)18/h1-5H,6H2,(H,19,20,21). The summed E-state index contributed by atoms with van der Waals surface area (Å²) in [5.74, 6) is -2.55. The number of amides is 1. The molecule has 1 aromatic heterocycles. The Bertz CT molecular complexity index is 751. The van der Waals surface area contributed by atoms with Gasteiger partial charge in [0, 0.05) is 6.20 Å². The summed E-state index contributed by atoms with van der Waals surface area (Å²) in [7, 11) is 0. The van der Waals surface area contributed by atoms with E-state index >= 15 is 0 Å². The molecule has 2 aromatic rings. The summed E-state index contributed by atoms with van der Waals surface area (Å²) >= 11 is 17.2. The lowest BCUT2D eigenvalue weighted by Gasteiger charge is -2.08. The smallest absolute Gasteiger partial charge is 0.343 e. The average molecular weight is 378 g/mol. The van der Waals surface area contributed by atoms with Crippen LogP contribution in [-0.2, 0) is 9.53 Å². The zero-order chi connectivity index (χ0) is 17.0. The van der Waals surface area contributed by atoms with Crippen LogP contribution in [0.4, 0.5) is 10.2 Å².